The maximum absolute atomic E-state index is 13.0. The van der Waals surface area contributed by atoms with Crippen molar-refractivity contribution in [2.45, 2.75) is 52.2 Å². The lowest BCUT2D eigenvalue weighted by Gasteiger charge is -2.27. The van der Waals surface area contributed by atoms with Gasteiger partial charge in [-0.3, -0.25) is 4.90 Å². The van der Waals surface area contributed by atoms with Crippen LogP contribution < -0.4 is 10.4 Å². The van der Waals surface area contributed by atoms with Crippen LogP contribution in [-0.4, -0.2) is 35.2 Å². The summed E-state index contributed by atoms with van der Waals surface area (Å²) in [6.07, 6.45) is 0.652. The highest BCUT2D eigenvalue weighted by Crippen LogP contribution is 2.33. The molecule has 0 saturated carbocycles. The number of carbonyl (C=O) groups excluding carboxylic acids is 2. The smallest absolute Gasteiger partial charge is 0.411 e. The Labute approximate surface area is 191 Å². The lowest BCUT2D eigenvalue weighted by atomic mass is 10.0. The minimum absolute atomic E-state index is 0.289. The standard InChI is InChI=1S/C26H27NO6/c1-16-21(31-24(29)20-11-8-14-27(20)25(30)33-26(2,3)4)13-12-18-19(15-22(28)32-23(16)18)17-9-6-5-7-10-17/h5-7,9-10,12-13,15,20H,8,11,14H2,1-4H3/t20-/m0/s1. The molecule has 1 aliphatic rings. The molecule has 1 aromatic heterocycles. The van der Waals surface area contributed by atoms with E-state index in [-0.39, 0.29) is 5.75 Å². The fraction of sp³-hybridized carbons (Fsp3) is 0.346. The summed E-state index contributed by atoms with van der Waals surface area (Å²) in [6, 6.07) is 13.7. The Morgan fingerprint density at radius 1 is 1.09 bits per heavy atom. The van der Waals surface area contributed by atoms with E-state index < -0.39 is 29.3 Å². The van der Waals surface area contributed by atoms with Crippen LogP contribution in [0.15, 0.2) is 57.7 Å². The number of likely N-dealkylation sites (tertiary alicyclic amines) is 1. The molecule has 7 nitrogen and oxygen atoms in total. The quantitative estimate of drug-likeness (QED) is 0.315. The monoisotopic (exact) mass is 449 g/mol. The van der Waals surface area contributed by atoms with Crippen molar-refractivity contribution < 1.29 is 23.5 Å². The topological polar surface area (TPSA) is 86.0 Å². The average molecular weight is 450 g/mol. The maximum Gasteiger partial charge on any atom is 0.411 e. The van der Waals surface area contributed by atoms with Crippen LogP contribution in [0.25, 0.3) is 22.1 Å². The summed E-state index contributed by atoms with van der Waals surface area (Å²) in [5.41, 5.74) is 1.39. The molecule has 3 aromatic rings. The Hall–Kier alpha value is -3.61. The molecule has 1 atom stereocenters. The molecule has 33 heavy (non-hydrogen) atoms. The zero-order valence-electron chi connectivity index (χ0n) is 19.2. The summed E-state index contributed by atoms with van der Waals surface area (Å²) in [5, 5.41) is 0.745. The van der Waals surface area contributed by atoms with Crippen molar-refractivity contribution in [1.29, 1.82) is 0 Å². The third kappa shape index (κ3) is 4.77. The molecule has 172 valence electrons. The molecule has 0 spiro atoms. The van der Waals surface area contributed by atoms with Crippen molar-refractivity contribution >= 4 is 23.0 Å². The molecule has 1 aliphatic heterocycles. The van der Waals surface area contributed by atoms with Crippen molar-refractivity contribution in [3.05, 3.63) is 64.5 Å². The Bertz CT molecular complexity index is 1260. The molecule has 0 unspecified atom stereocenters. The second-order valence-corrected chi connectivity index (χ2v) is 9.16. The number of amides is 1. The number of esters is 1. The number of ether oxygens (including phenoxy) is 2. The summed E-state index contributed by atoms with van der Waals surface area (Å²) in [6.45, 7) is 7.52. The number of hydrogen-bond donors (Lipinski definition) is 0. The fourth-order valence-corrected chi connectivity index (χ4v) is 4.04. The first-order chi connectivity index (χ1) is 15.6. The van der Waals surface area contributed by atoms with E-state index in [9.17, 15) is 14.4 Å². The van der Waals surface area contributed by atoms with E-state index in [0.717, 1.165) is 16.5 Å². The van der Waals surface area contributed by atoms with Crippen LogP contribution in [0.4, 0.5) is 4.79 Å². The Kier molecular flexibility index (Phi) is 5.97. The molecule has 0 radical (unpaired) electrons. The third-order valence-electron chi connectivity index (χ3n) is 5.56. The minimum atomic E-state index is -0.724. The van der Waals surface area contributed by atoms with Crippen molar-refractivity contribution in [3.63, 3.8) is 0 Å². The number of fused-ring (bicyclic) bond motifs is 1. The molecule has 2 aromatic carbocycles. The van der Waals surface area contributed by atoms with Crippen molar-refractivity contribution in [1.82, 2.24) is 4.90 Å². The van der Waals surface area contributed by atoms with E-state index in [2.05, 4.69) is 0 Å². The summed E-state index contributed by atoms with van der Waals surface area (Å²) in [4.78, 5) is 39.2. The Morgan fingerprint density at radius 2 is 1.82 bits per heavy atom. The summed E-state index contributed by atoms with van der Waals surface area (Å²) < 4.78 is 16.6. The highest BCUT2D eigenvalue weighted by molar-refractivity contribution is 5.96. The van der Waals surface area contributed by atoms with Crippen LogP contribution in [0.1, 0.15) is 39.2 Å². The number of hydrogen-bond acceptors (Lipinski definition) is 6. The van der Waals surface area contributed by atoms with Crippen molar-refractivity contribution in [2.24, 2.45) is 0 Å². The van der Waals surface area contributed by atoms with Crippen LogP contribution in [0.3, 0.4) is 0 Å². The summed E-state index contributed by atoms with van der Waals surface area (Å²) >= 11 is 0. The predicted molar refractivity (Wildman–Crippen MR) is 124 cm³/mol. The number of rotatable bonds is 3. The van der Waals surface area contributed by atoms with Crippen molar-refractivity contribution in [3.8, 4) is 16.9 Å². The fourth-order valence-electron chi connectivity index (χ4n) is 4.04. The molecule has 7 heteroatoms. The number of benzene rings is 2. The molecule has 2 heterocycles. The van der Waals surface area contributed by atoms with E-state index in [1.54, 1.807) is 39.8 Å². The van der Waals surface area contributed by atoms with E-state index in [4.69, 9.17) is 13.9 Å². The van der Waals surface area contributed by atoms with E-state index in [0.29, 0.717) is 30.5 Å². The molecule has 1 saturated heterocycles. The van der Waals surface area contributed by atoms with Gasteiger partial charge in [0.15, 0.2) is 0 Å². The van der Waals surface area contributed by atoms with E-state index >= 15 is 0 Å². The van der Waals surface area contributed by atoms with Gasteiger partial charge in [-0.1, -0.05) is 30.3 Å². The van der Waals surface area contributed by atoms with Gasteiger partial charge in [-0.15, -0.1) is 0 Å². The molecular weight excluding hydrogens is 422 g/mol. The molecule has 0 bridgehead atoms. The SMILES string of the molecule is Cc1c(OC(=O)[C@@H]2CCCN2C(=O)OC(C)(C)C)ccc2c(-c3ccccc3)cc(=O)oc12. The molecular formula is C26H27NO6. The van der Waals surface area contributed by atoms with Gasteiger partial charge in [0.05, 0.1) is 0 Å². The lowest BCUT2D eigenvalue weighted by Crippen LogP contribution is -2.44. The summed E-state index contributed by atoms with van der Waals surface area (Å²) in [7, 11) is 0. The van der Waals surface area contributed by atoms with Crippen LogP contribution in [0, 0.1) is 6.92 Å². The lowest BCUT2D eigenvalue weighted by molar-refractivity contribution is -0.139. The molecule has 1 fully saturated rings. The normalized spacial score (nSPS) is 16.1. The number of aryl methyl sites for hydroxylation is 1. The van der Waals surface area contributed by atoms with Gasteiger partial charge in [-0.05, 0) is 63.8 Å². The first-order valence-corrected chi connectivity index (χ1v) is 11.0. The minimum Gasteiger partial charge on any atom is -0.444 e. The zero-order chi connectivity index (χ0) is 23.8. The van der Waals surface area contributed by atoms with Gasteiger partial charge in [-0.2, -0.15) is 0 Å². The molecule has 4 rings (SSSR count). The van der Waals surface area contributed by atoms with Crippen LogP contribution in [0.5, 0.6) is 5.75 Å². The van der Waals surface area contributed by atoms with Gasteiger partial charge in [-0.25, -0.2) is 14.4 Å². The first kappa shape index (κ1) is 22.6. The second-order valence-electron chi connectivity index (χ2n) is 9.16. The Balaban J connectivity index is 1.63. The second kappa shape index (κ2) is 8.73. The number of nitrogens with zero attached hydrogens (tertiary/aromatic N) is 1. The molecule has 0 aliphatic carbocycles. The largest absolute Gasteiger partial charge is 0.444 e. The van der Waals surface area contributed by atoms with Gasteiger partial charge in [0, 0.05) is 23.6 Å². The predicted octanol–water partition coefficient (Wildman–Crippen LogP) is 5.07. The highest BCUT2D eigenvalue weighted by atomic mass is 16.6. The first-order valence-electron chi connectivity index (χ1n) is 11.0. The van der Waals surface area contributed by atoms with Crippen LogP contribution in [0.2, 0.25) is 0 Å². The average Bonchev–Trinajstić information content (AvgIpc) is 3.25. The maximum atomic E-state index is 13.0. The van der Waals surface area contributed by atoms with Crippen LogP contribution >= 0.6 is 0 Å². The van der Waals surface area contributed by atoms with Gasteiger partial charge in [0.25, 0.3) is 0 Å². The molecule has 0 N–H and O–H groups in total. The van der Waals surface area contributed by atoms with Gasteiger partial charge >= 0.3 is 17.7 Å². The van der Waals surface area contributed by atoms with Gasteiger partial charge in [0.2, 0.25) is 0 Å². The highest BCUT2D eigenvalue weighted by Gasteiger charge is 2.38. The van der Waals surface area contributed by atoms with Crippen molar-refractivity contribution in [2.75, 3.05) is 6.54 Å². The third-order valence-corrected chi connectivity index (χ3v) is 5.56. The Morgan fingerprint density at radius 3 is 2.52 bits per heavy atom. The van der Waals surface area contributed by atoms with Gasteiger partial charge in [0.1, 0.15) is 23.0 Å². The van der Waals surface area contributed by atoms with E-state index in [1.807, 2.05) is 30.3 Å². The van der Waals surface area contributed by atoms with Crippen LogP contribution in [-0.2, 0) is 9.53 Å². The molecule has 1 amide bonds. The number of carbonyl (C=O) groups is 2. The van der Waals surface area contributed by atoms with Gasteiger partial charge < -0.3 is 13.9 Å². The van der Waals surface area contributed by atoms with E-state index in [1.165, 1.54) is 11.0 Å². The zero-order valence-corrected chi connectivity index (χ0v) is 19.2. The summed E-state index contributed by atoms with van der Waals surface area (Å²) in [5.74, 6) is -0.251.